The molecular weight excluding hydrogens is 831 g/mol. The Labute approximate surface area is 352 Å². The minimum Gasteiger partial charge on any atom is -0.494 e. The summed E-state index contributed by atoms with van der Waals surface area (Å²) in [5.74, 6) is -1.60. The molecule has 1 aromatic heterocycles. The minimum atomic E-state index is -4.86. The number of aromatic nitrogens is 1. The van der Waals surface area contributed by atoms with Gasteiger partial charge in [-0.1, -0.05) is 32.4 Å². The molecule has 7 atom stereocenters. The minimum absolute atomic E-state index is 0.0179. The van der Waals surface area contributed by atoms with E-state index >= 15 is 0 Å². The number of amides is 4. The summed E-state index contributed by atoms with van der Waals surface area (Å²) in [6.07, 6.45) is 3.27. The molecule has 0 unspecified atom stereocenters. The van der Waals surface area contributed by atoms with Crippen LogP contribution in [0.5, 0.6) is 17.4 Å². The van der Waals surface area contributed by atoms with E-state index in [4.69, 9.17) is 18.9 Å². The maximum Gasteiger partial charge on any atom is 0.427 e. The predicted molar refractivity (Wildman–Crippen MR) is 215 cm³/mol. The second kappa shape index (κ2) is 18.6. The molecule has 61 heavy (non-hydrogen) atoms. The van der Waals surface area contributed by atoms with Gasteiger partial charge in [-0.2, -0.15) is 13.2 Å². The van der Waals surface area contributed by atoms with Crippen molar-refractivity contribution in [2.75, 3.05) is 20.8 Å². The normalized spacial score (nSPS) is 27.0. The lowest BCUT2D eigenvalue weighted by Gasteiger charge is -2.34. The number of nitrogens with one attached hydrogen (secondary N) is 3. The molecule has 20 heteroatoms. The molecule has 4 aliphatic rings. The first-order valence-corrected chi connectivity index (χ1v) is 21.7. The summed E-state index contributed by atoms with van der Waals surface area (Å²) in [4.78, 5) is 56.9. The van der Waals surface area contributed by atoms with Crippen molar-refractivity contribution in [2.24, 2.45) is 17.8 Å². The van der Waals surface area contributed by atoms with Crippen LogP contribution in [0.25, 0.3) is 10.8 Å². The number of pyridine rings is 1. The zero-order chi connectivity index (χ0) is 45.1. The van der Waals surface area contributed by atoms with Gasteiger partial charge in [-0.15, -0.1) is 0 Å². The number of alkyl halides is 3. The topological polar surface area (TPSA) is 192 Å². The third-order valence-corrected chi connectivity index (χ3v) is 14.0. The number of alkyl carbamates (subject to hydrolysis) is 1. The smallest absolute Gasteiger partial charge is 0.427 e. The van der Waals surface area contributed by atoms with Gasteiger partial charge in [-0.3, -0.25) is 19.1 Å². The van der Waals surface area contributed by atoms with E-state index in [-0.39, 0.29) is 54.3 Å². The average molecular weight is 886 g/mol. The van der Waals surface area contributed by atoms with Crippen LogP contribution in [-0.2, 0) is 29.1 Å². The lowest BCUT2D eigenvalue weighted by atomic mass is 9.85. The number of ether oxygens (including phenoxy) is 4. The third kappa shape index (κ3) is 11.0. The van der Waals surface area contributed by atoms with Crippen LogP contribution in [0, 0.1) is 23.6 Å². The maximum atomic E-state index is 14.9. The molecule has 6 rings (SSSR count). The van der Waals surface area contributed by atoms with Crippen molar-refractivity contribution in [3.63, 3.8) is 0 Å². The average Bonchev–Trinajstić information content (AvgIpc) is 4.09. The fraction of sp³-hybridized carbons (Fsp3) is 0.634. The number of carbonyl (C=O) groups excluding carboxylic acids is 4. The highest BCUT2D eigenvalue weighted by molar-refractivity contribution is 7.91. The Morgan fingerprint density at radius 3 is 2.38 bits per heavy atom. The zero-order valence-corrected chi connectivity index (χ0v) is 36.1. The number of halogens is 4. The summed E-state index contributed by atoms with van der Waals surface area (Å²) in [6.45, 7) is 6.82. The van der Waals surface area contributed by atoms with Gasteiger partial charge in [0.15, 0.2) is 11.6 Å². The van der Waals surface area contributed by atoms with Crippen molar-refractivity contribution in [2.45, 2.75) is 127 Å². The van der Waals surface area contributed by atoms with E-state index in [2.05, 4.69) is 27.8 Å². The molecule has 2 aliphatic heterocycles. The summed E-state index contributed by atoms with van der Waals surface area (Å²) in [5, 5.41) is 6.22. The summed E-state index contributed by atoms with van der Waals surface area (Å²) in [5.41, 5.74) is -2.82. The maximum absolute atomic E-state index is 14.9. The van der Waals surface area contributed by atoms with E-state index in [0.717, 1.165) is 33.1 Å². The number of hydrogen-bond donors (Lipinski definition) is 3. The number of sulfonamides is 1. The summed E-state index contributed by atoms with van der Waals surface area (Å²) < 4.78 is 101. The number of methoxy groups -OCH3 is 2. The molecular formula is C41H55F4N5O10S. The Balaban J connectivity index is 0.000000617. The highest BCUT2D eigenvalue weighted by Gasteiger charge is 2.52. The number of nitrogens with zero attached hydrogens (tertiary/aromatic N) is 2. The zero-order valence-electron chi connectivity index (χ0n) is 35.3. The van der Waals surface area contributed by atoms with Crippen LogP contribution >= 0.6 is 0 Å². The van der Waals surface area contributed by atoms with Gasteiger partial charge in [0.05, 0.1) is 37.1 Å². The Bertz CT molecular complexity index is 2100. The van der Waals surface area contributed by atoms with Gasteiger partial charge < -0.3 is 34.5 Å². The predicted octanol–water partition coefficient (Wildman–Crippen LogP) is 5.70. The van der Waals surface area contributed by atoms with Gasteiger partial charge >= 0.3 is 12.3 Å². The molecule has 0 radical (unpaired) electrons. The van der Waals surface area contributed by atoms with E-state index < -0.39 is 74.4 Å². The molecule has 0 bridgehead atoms. The SMILES string of the molecule is CC1(S(=O)(=O)NC=O)CC1.CC[C@@H]1C[C@@H](C)CC/C=C\[C@@H]2C[C@H]2NC(=O)[C@@H]2C[C@@H](Oc3ncc(OC)c4cc(OC)c(F)cc34)CN2C(=O)[C@H]1NC(=O)OC(C)(C)C(F)(F)F. The lowest BCUT2D eigenvalue weighted by Crippen LogP contribution is -2.57. The molecule has 2 aliphatic carbocycles. The van der Waals surface area contributed by atoms with E-state index in [1.165, 1.54) is 37.4 Å². The summed E-state index contributed by atoms with van der Waals surface area (Å²) in [7, 11) is -0.583. The van der Waals surface area contributed by atoms with Crippen molar-refractivity contribution < 1.29 is 64.1 Å². The van der Waals surface area contributed by atoms with Crippen LogP contribution in [0.1, 0.15) is 86.0 Å². The number of benzene rings is 1. The highest BCUT2D eigenvalue weighted by Crippen LogP contribution is 2.42. The van der Waals surface area contributed by atoms with Crippen molar-refractivity contribution in [3.8, 4) is 17.4 Å². The Morgan fingerprint density at radius 2 is 1.77 bits per heavy atom. The summed E-state index contributed by atoms with van der Waals surface area (Å²) in [6, 6.07) is 0.192. The second-order valence-electron chi connectivity index (χ2n) is 16.9. The monoisotopic (exact) mass is 885 g/mol. The van der Waals surface area contributed by atoms with E-state index in [0.29, 0.717) is 36.8 Å². The second-order valence-corrected chi connectivity index (χ2v) is 19.1. The van der Waals surface area contributed by atoms with E-state index in [1.54, 1.807) is 6.92 Å². The van der Waals surface area contributed by atoms with Gasteiger partial charge in [-0.25, -0.2) is 22.6 Å². The molecule has 15 nitrogen and oxygen atoms in total. The molecule has 1 saturated heterocycles. The van der Waals surface area contributed by atoms with Gasteiger partial charge in [0.1, 0.15) is 23.9 Å². The standard InChI is InChI=1S/C36H46F4N4O7.C5H9NO3S/c1-7-20-12-19(2)10-8-9-11-21-13-26(21)42-31(45)27-14-22(18-44(27)33(46)30(20)43-34(47)51-35(3,4)36(38,39)40)50-32-24-15-25(37)28(48-5)16-23(24)29(49-6)17-41-32;1-5(2-3-5)10(8,9)6-4-7/h9,11,15-17,19-22,26-27,30H,7-8,10,12-14,18H2,1-6H3,(H,42,45)(H,43,47);4H,2-3H2,1H3,(H,6,7)/b11-9-;/t19-,20+,21+,22+,26+,27-,30-;/m0./s1. The van der Waals surface area contributed by atoms with Gasteiger partial charge in [0.2, 0.25) is 39.7 Å². The van der Waals surface area contributed by atoms with Crippen LogP contribution in [-0.4, -0.2) is 104 Å². The lowest BCUT2D eigenvalue weighted by molar-refractivity contribution is -0.244. The number of fused-ring (bicyclic) bond motifs is 3. The summed E-state index contributed by atoms with van der Waals surface area (Å²) >= 11 is 0. The third-order valence-electron chi connectivity index (χ3n) is 11.9. The first kappa shape index (κ1) is 47.2. The molecule has 4 amide bonds. The fourth-order valence-corrected chi connectivity index (χ4v) is 8.54. The molecule has 2 saturated carbocycles. The first-order valence-electron chi connectivity index (χ1n) is 20.2. The molecule has 3 N–H and O–H groups in total. The Kier molecular flexibility index (Phi) is 14.4. The first-order chi connectivity index (χ1) is 28.6. The Morgan fingerprint density at radius 1 is 1.08 bits per heavy atom. The Hall–Kier alpha value is -4.88. The number of allylic oxidation sites excluding steroid dienone is 1. The number of carbonyl (C=O) groups is 4. The van der Waals surface area contributed by atoms with Crippen molar-refractivity contribution >= 4 is 45.1 Å². The van der Waals surface area contributed by atoms with Gasteiger partial charge in [0, 0.05) is 17.8 Å². The molecule has 3 heterocycles. The largest absolute Gasteiger partial charge is 0.494 e. The van der Waals surface area contributed by atoms with Crippen molar-refractivity contribution in [1.29, 1.82) is 0 Å². The van der Waals surface area contributed by atoms with Crippen molar-refractivity contribution in [3.05, 3.63) is 36.3 Å². The number of rotatable bonds is 10. The molecule has 0 spiro atoms. The fourth-order valence-electron chi connectivity index (χ4n) is 7.49. The highest BCUT2D eigenvalue weighted by atomic mass is 32.2. The molecule has 3 fully saturated rings. The molecule has 2 aromatic rings. The van der Waals surface area contributed by atoms with Crippen LogP contribution in [0.3, 0.4) is 0 Å². The number of hydrogen-bond acceptors (Lipinski definition) is 11. The van der Waals surface area contributed by atoms with E-state index in [1.807, 2.05) is 18.6 Å². The van der Waals surface area contributed by atoms with Crippen LogP contribution < -0.4 is 29.6 Å². The molecule has 338 valence electrons. The van der Waals surface area contributed by atoms with E-state index in [9.17, 15) is 45.2 Å². The van der Waals surface area contributed by atoms with Gasteiger partial charge in [-0.05, 0) is 89.2 Å². The molecule has 1 aromatic carbocycles. The van der Waals surface area contributed by atoms with Gasteiger partial charge in [0.25, 0.3) is 0 Å². The van der Waals surface area contributed by atoms with Crippen LogP contribution in [0.15, 0.2) is 30.5 Å². The van der Waals surface area contributed by atoms with Crippen molar-refractivity contribution in [1.82, 2.24) is 25.2 Å². The van der Waals surface area contributed by atoms with Crippen LogP contribution in [0.2, 0.25) is 0 Å². The quantitative estimate of drug-likeness (QED) is 0.151. The van der Waals surface area contributed by atoms with Crippen LogP contribution in [0.4, 0.5) is 22.4 Å².